The molecule has 8 heteroatoms. The Morgan fingerprint density at radius 2 is 2.13 bits per heavy atom. The number of fused-ring (bicyclic) bond motifs is 1. The average molecular weight is 426 g/mol. The normalized spacial score (nSPS) is 18.0. The SMILES string of the molecule is CCC(C)(C)n1nnnc1C[NH+](Cc1cc2cc(C)ccc2[nH]c1=O)C[C@H]1CCCO1. The van der Waals surface area contributed by atoms with Crippen LogP contribution in [0.3, 0.4) is 0 Å². The molecule has 0 saturated carbocycles. The first-order chi connectivity index (χ1) is 14.9. The first-order valence-electron chi connectivity index (χ1n) is 11.2. The van der Waals surface area contributed by atoms with Gasteiger partial charge in [0.1, 0.15) is 25.7 Å². The van der Waals surface area contributed by atoms with E-state index in [2.05, 4.69) is 54.3 Å². The summed E-state index contributed by atoms with van der Waals surface area (Å²) < 4.78 is 7.84. The van der Waals surface area contributed by atoms with Gasteiger partial charge in [-0.15, -0.1) is 5.10 Å². The molecule has 1 unspecified atom stereocenters. The van der Waals surface area contributed by atoms with Gasteiger partial charge in [-0.3, -0.25) is 4.79 Å². The highest BCUT2D eigenvalue weighted by molar-refractivity contribution is 5.79. The molecule has 0 spiro atoms. The van der Waals surface area contributed by atoms with Crippen LogP contribution < -0.4 is 10.5 Å². The number of quaternary nitrogens is 1. The maximum atomic E-state index is 12.8. The van der Waals surface area contributed by atoms with Gasteiger partial charge in [0.2, 0.25) is 5.82 Å². The van der Waals surface area contributed by atoms with E-state index >= 15 is 0 Å². The van der Waals surface area contributed by atoms with Crippen molar-refractivity contribution in [1.29, 1.82) is 0 Å². The largest absolute Gasteiger partial charge is 0.372 e. The van der Waals surface area contributed by atoms with Gasteiger partial charge in [0.05, 0.1) is 11.1 Å². The molecule has 2 aromatic heterocycles. The lowest BCUT2D eigenvalue weighted by molar-refractivity contribution is -0.931. The topological polar surface area (TPSA) is 90.1 Å². The van der Waals surface area contributed by atoms with E-state index in [1.807, 2.05) is 22.9 Å². The number of rotatable bonds is 8. The molecule has 1 aromatic carbocycles. The van der Waals surface area contributed by atoms with Crippen molar-refractivity contribution in [3.63, 3.8) is 0 Å². The molecular weight excluding hydrogens is 392 g/mol. The van der Waals surface area contributed by atoms with Crippen LogP contribution in [-0.4, -0.2) is 44.4 Å². The Labute approximate surface area is 182 Å². The molecule has 2 N–H and O–H groups in total. The first kappa shape index (κ1) is 21.6. The zero-order valence-corrected chi connectivity index (χ0v) is 18.9. The molecular formula is C23H33N6O2+. The third kappa shape index (κ3) is 4.85. The Balaban J connectivity index is 1.63. The van der Waals surface area contributed by atoms with E-state index < -0.39 is 0 Å². The van der Waals surface area contributed by atoms with Crippen LogP contribution in [0.4, 0.5) is 0 Å². The second kappa shape index (κ2) is 8.88. The van der Waals surface area contributed by atoms with Crippen LogP contribution >= 0.6 is 0 Å². The molecule has 3 aromatic rings. The number of benzene rings is 1. The molecule has 166 valence electrons. The minimum atomic E-state index is -0.161. The lowest BCUT2D eigenvalue weighted by atomic mass is 10.0. The Hall–Kier alpha value is -2.58. The number of aromatic amines is 1. The van der Waals surface area contributed by atoms with Crippen molar-refractivity contribution in [2.75, 3.05) is 13.2 Å². The maximum Gasteiger partial charge on any atom is 0.257 e. The molecule has 0 amide bonds. The van der Waals surface area contributed by atoms with Crippen LogP contribution in [0.25, 0.3) is 10.9 Å². The zero-order chi connectivity index (χ0) is 22.0. The Bertz CT molecular complexity index is 1100. The monoisotopic (exact) mass is 425 g/mol. The third-order valence-electron chi connectivity index (χ3n) is 6.44. The summed E-state index contributed by atoms with van der Waals surface area (Å²) in [6.07, 6.45) is 3.28. The molecule has 0 aliphatic carbocycles. The molecule has 3 heterocycles. The summed E-state index contributed by atoms with van der Waals surface area (Å²) in [5.74, 6) is 0.841. The fourth-order valence-corrected chi connectivity index (χ4v) is 4.27. The minimum Gasteiger partial charge on any atom is -0.372 e. The molecule has 4 rings (SSSR count). The number of hydrogen-bond donors (Lipinski definition) is 2. The maximum absolute atomic E-state index is 12.8. The lowest BCUT2D eigenvalue weighted by Gasteiger charge is -2.26. The number of H-pyrrole nitrogens is 1. The van der Waals surface area contributed by atoms with E-state index in [0.717, 1.165) is 54.7 Å². The number of nitrogens with zero attached hydrogens (tertiary/aromatic N) is 4. The van der Waals surface area contributed by atoms with Crippen molar-refractivity contribution in [2.45, 2.75) is 71.7 Å². The fourth-order valence-electron chi connectivity index (χ4n) is 4.27. The van der Waals surface area contributed by atoms with Gasteiger partial charge in [0.25, 0.3) is 5.56 Å². The highest BCUT2D eigenvalue weighted by Gasteiger charge is 2.28. The summed E-state index contributed by atoms with van der Waals surface area (Å²) in [5.41, 5.74) is 2.63. The smallest absolute Gasteiger partial charge is 0.257 e. The standard InChI is InChI=1S/C23H32N6O2/c1-5-23(3,4)29-21(25-26-27-29)15-28(14-19-7-6-10-31-19)13-18-12-17-11-16(2)8-9-20(17)24-22(18)30/h8-9,11-12,19H,5-7,10,13-15H2,1-4H3,(H,24,30)/p+1/t19-/m1/s1. The van der Waals surface area contributed by atoms with Crippen LogP contribution in [0.15, 0.2) is 29.1 Å². The first-order valence-corrected chi connectivity index (χ1v) is 11.2. The van der Waals surface area contributed by atoms with Crippen LogP contribution in [-0.2, 0) is 23.4 Å². The average Bonchev–Trinajstić information content (AvgIpc) is 3.41. The van der Waals surface area contributed by atoms with Gasteiger partial charge in [-0.1, -0.05) is 18.6 Å². The van der Waals surface area contributed by atoms with E-state index in [9.17, 15) is 4.79 Å². The molecule has 1 aliphatic heterocycles. The van der Waals surface area contributed by atoms with E-state index in [-0.39, 0.29) is 17.2 Å². The van der Waals surface area contributed by atoms with Crippen molar-refractivity contribution in [3.8, 4) is 0 Å². The molecule has 31 heavy (non-hydrogen) atoms. The summed E-state index contributed by atoms with van der Waals surface area (Å²) in [5, 5.41) is 13.6. The van der Waals surface area contributed by atoms with E-state index in [1.54, 1.807) is 0 Å². The second-order valence-corrected chi connectivity index (χ2v) is 9.33. The third-order valence-corrected chi connectivity index (χ3v) is 6.44. The van der Waals surface area contributed by atoms with Crippen molar-refractivity contribution < 1.29 is 9.64 Å². The highest BCUT2D eigenvalue weighted by Crippen LogP contribution is 2.19. The van der Waals surface area contributed by atoms with Gasteiger partial charge in [-0.05, 0) is 74.0 Å². The fraction of sp³-hybridized carbons (Fsp3) is 0.565. The summed E-state index contributed by atoms with van der Waals surface area (Å²) >= 11 is 0. The van der Waals surface area contributed by atoms with Crippen LogP contribution in [0.2, 0.25) is 0 Å². The summed E-state index contributed by atoms with van der Waals surface area (Å²) in [7, 11) is 0. The minimum absolute atomic E-state index is 0.0327. The van der Waals surface area contributed by atoms with Crippen LogP contribution in [0.1, 0.15) is 57.0 Å². The molecule has 1 saturated heterocycles. The zero-order valence-electron chi connectivity index (χ0n) is 18.9. The van der Waals surface area contributed by atoms with Gasteiger partial charge >= 0.3 is 0 Å². The number of tetrazole rings is 1. The Morgan fingerprint density at radius 1 is 1.29 bits per heavy atom. The lowest BCUT2D eigenvalue weighted by Crippen LogP contribution is -3.10. The van der Waals surface area contributed by atoms with Gasteiger partial charge in [-0.25, -0.2) is 4.68 Å². The number of hydrogen-bond acceptors (Lipinski definition) is 5. The second-order valence-electron chi connectivity index (χ2n) is 9.33. The quantitative estimate of drug-likeness (QED) is 0.574. The van der Waals surface area contributed by atoms with Crippen molar-refractivity contribution in [2.24, 2.45) is 0 Å². The summed E-state index contributed by atoms with van der Waals surface area (Å²) in [6, 6.07) is 8.12. The number of ether oxygens (including phenoxy) is 1. The number of aromatic nitrogens is 5. The molecule has 8 nitrogen and oxygen atoms in total. The number of pyridine rings is 1. The molecule has 0 bridgehead atoms. The van der Waals surface area contributed by atoms with E-state index in [1.165, 1.54) is 10.5 Å². The molecule has 2 atom stereocenters. The van der Waals surface area contributed by atoms with Gasteiger partial charge in [0.15, 0.2) is 0 Å². The highest BCUT2D eigenvalue weighted by atomic mass is 16.5. The summed E-state index contributed by atoms with van der Waals surface area (Å²) in [6.45, 7) is 11.4. The number of nitrogens with one attached hydrogen (secondary N) is 2. The predicted molar refractivity (Wildman–Crippen MR) is 119 cm³/mol. The van der Waals surface area contributed by atoms with E-state index in [0.29, 0.717) is 13.1 Å². The molecule has 1 fully saturated rings. The summed E-state index contributed by atoms with van der Waals surface area (Å²) in [4.78, 5) is 17.1. The molecule has 0 radical (unpaired) electrons. The van der Waals surface area contributed by atoms with E-state index in [4.69, 9.17) is 4.74 Å². The van der Waals surface area contributed by atoms with Crippen molar-refractivity contribution in [3.05, 3.63) is 51.6 Å². The molecule has 1 aliphatic rings. The van der Waals surface area contributed by atoms with Crippen LogP contribution in [0.5, 0.6) is 0 Å². The predicted octanol–water partition coefficient (Wildman–Crippen LogP) is 1.73. The van der Waals surface area contributed by atoms with Crippen LogP contribution in [0, 0.1) is 6.92 Å². The van der Waals surface area contributed by atoms with Gasteiger partial charge < -0.3 is 14.6 Å². The Kier molecular flexibility index (Phi) is 6.20. The van der Waals surface area contributed by atoms with Crippen molar-refractivity contribution in [1.82, 2.24) is 25.2 Å². The van der Waals surface area contributed by atoms with Gasteiger partial charge in [0, 0.05) is 12.1 Å². The van der Waals surface area contributed by atoms with Gasteiger partial charge in [-0.2, -0.15) is 0 Å². The Morgan fingerprint density at radius 3 is 2.87 bits per heavy atom. The number of aryl methyl sites for hydroxylation is 1. The van der Waals surface area contributed by atoms with Crippen molar-refractivity contribution >= 4 is 10.9 Å².